The van der Waals surface area contributed by atoms with Gasteiger partial charge in [-0.05, 0) is 50.8 Å². The average Bonchev–Trinajstić information content (AvgIpc) is 2.99. The first-order chi connectivity index (χ1) is 9.85. The van der Waals surface area contributed by atoms with Gasteiger partial charge in [-0.15, -0.1) is 0 Å². The molecule has 1 fully saturated rings. The number of hydrogen-bond donors (Lipinski definition) is 2. The van der Waals surface area contributed by atoms with Gasteiger partial charge in [-0.1, -0.05) is 26.7 Å². The summed E-state index contributed by atoms with van der Waals surface area (Å²) in [5.41, 5.74) is 1.30. The summed E-state index contributed by atoms with van der Waals surface area (Å²) < 4.78 is 5.28. The van der Waals surface area contributed by atoms with E-state index in [1.54, 1.807) is 6.26 Å². The monoisotopic (exact) mass is 278 g/mol. The zero-order valence-corrected chi connectivity index (χ0v) is 13.0. The van der Waals surface area contributed by atoms with Crippen LogP contribution in [0.2, 0.25) is 0 Å². The minimum absolute atomic E-state index is 0.443. The van der Waals surface area contributed by atoms with Crippen molar-refractivity contribution in [2.24, 2.45) is 5.92 Å². The van der Waals surface area contributed by atoms with Crippen molar-refractivity contribution >= 4 is 0 Å². The van der Waals surface area contributed by atoms with Gasteiger partial charge >= 0.3 is 0 Å². The summed E-state index contributed by atoms with van der Waals surface area (Å²) in [6, 6.07) is 3.25. The van der Waals surface area contributed by atoms with Crippen LogP contribution in [0.25, 0.3) is 0 Å². The maximum atomic E-state index is 5.28. The van der Waals surface area contributed by atoms with Crippen molar-refractivity contribution in [1.82, 2.24) is 10.6 Å². The zero-order chi connectivity index (χ0) is 14.2. The molecule has 3 nitrogen and oxygen atoms in total. The molecule has 1 aromatic heterocycles. The van der Waals surface area contributed by atoms with E-state index in [1.807, 2.05) is 6.26 Å². The third-order valence-corrected chi connectivity index (χ3v) is 4.50. The van der Waals surface area contributed by atoms with E-state index in [2.05, 4.69) is 30.5 Å². The molecule has 1 heterocycles. The maximum absolute atomic E-state index is 5.28. The van der Waals surface area contributed by atoms with Crippen molar-refractivity contribution < 1.29 is 4.42 Å². The molecule has 0 bridgehead atoms. The number of nitrogens with one attached hydrogen (secondary N) is 2. The Morgan fingerprint density at radius 1 is 1.30 bits per heavy atom. The van der Waals surface area contributed by atoms with Gasteiger partial charge in [0.1, 0.15) is 0 Å². The Balaban J connectivity index is 1.97. The zero-order valence-electron chi connectivity index (χ0n) is 13.0. The standard InChI is InChI=1S/C17H30N2O/c1-3-10-19-17(15-9-11-20-13-15)12-14-7-5-6-8-16(14)18-4-2/h9,11,13-14,16-19H,3-8,10,12H2,1-2H3. The Kier molecular flexibility index (Phi) is 6.61. The lowest BCUT2D eigenvalue weighted by Crippen LogP contribution is -2.40. The van der Waals surface area contributed by atoms with Crippen molar-refractivity contribution in [3.8, 4) is 0 Å². The second kappa shape index (κ2) is 8.48. The smallest absolute Gasteiger partial charge is 0.0950 e. The highest BCUT2D eigenvalue weighted by atomic mass is 16.3. The average molecular weight is 278 g/mol. The largest absolute Gasteiger partial charge is 0.472 e. The van der Waals surface area contributed by atoms with E-state index < -0.39 is 0 Å². The number of hydrogen-bond acceptors (Lipinski definition) is 3. The fourth-order valence-electron chi connectivity index (χ4n) is 3.45. The van der Waals surface area contributed by atoms with Gasteiger partial charge in [0.15, 0.2) is 0 Å². The summed E-state index contributed by atoms with van der Waals surface area (Å²) in [4.78, 5) is 0. The summed E-state index contributed by atoms with van der Waals surface area (Å²) in [5.74, 6) is 0.785. The molecule has 1 aromatic rings. The molecule has 1 aliphatic rings. The van der Waals surface area contributed by atoms with Crippen molar-refractivity contribution in [3.63, 3.8) is 0 Å². The summed E-state index contributed by atoms with van der Waals surface area (Å²) in [7, 11) is 0. The molecule has 3 unspecified atom stereocenters. The van der Waals surface area contributed by atoms with E-state index in [0.29, 0.717) is 12.1 Å². The molecule has 3 heteroatoms. The highest BCUT2D eigenvalue weighted by molar-refractivity contribution is 5.12. The molecule has 3 atom stereocenters. The minimum Gasteiger partial charge on any atom is -0.472 e. The predicted molar refractivity (Wildman–Crippen MR) is 83.8 cm³/mol. The Morgan fingerprint density at radius 2 is 2.15 bits per heavy atom. The number of furan rings is 1. The molecule has 0 spiro atoms. The van der Waals surface area contributed by atoms with Gasteiger partial charge in [0.2, 0.25) is 0 Å². The van der Waals surface area contributed by atoms with Crippen molar-refractivity contribution in [1.29, 1.82) is 0 Å². The van der Waals surface area contributed by atoms with Crippen LogP contribution >= 0.6 is 0 Å². The molecule has 114 valence electrons. The third-order valence-electron chi connectivity index (χ3n) is 4.50. The Bertz CT molecular complexity index is 348. The van der Waals surface area contributed by atoms with Gasteiger partial charge in [-0.3, -0.25) is 0 Å². The van der Waals surface area contributed by atoms with E-state index in [-0.39, 0.29) is 0 Å². The lowest BCUT2D eigenvalue weighted by molar-refractivity contribution is 0.230. The Morgan fingerprint density at radius 3 is 2.85 bits per heavy atom. The molecule has 2 rings (SSSR count). The minimum atomic E-state index is 0.443. The molecule has 2 N–H and O–H groups in total. The fourth-order valence-corrected chi connectivity index (χ4v) is 3.45. The van der Waals surface area contributed by atoms with Gasteiger partial charge in [-0.2, -0.15) is 0 Å². The van der Waals surface area contributed by atoms with Crippen LogP contribution in [0.15, 0.2) is 23.0 Å². The van der Waals surface area contributed by atoms with Crippen LogP contribution in [0.3, 0.4) is 0 Å². The van der Waals surface area contributed by atoms with Crippen molar-refractivity contribution in [2.75, 3.05) is 13.1 Å². The van der Waals surface area contributed by atoms with Crippen LogP contribution in [-0.4, -0.2) is 19.1 Å². The topological polar surface area (TPSA) is 37.2 Å². The first kappa shape index (κ1) is 15.6. The molecule has 1 aliphatic carbocycles. The van der Waals surface area contributed by atoms with Crippen LogP contribution in [0.4, 0.5) is 0 Å². The first-order valence-electron chi connectivity index (χ1n) is 8.34. The third kappa shape index (κ3) is 4.35. The van der Waals surface area contributed by atoms with Crippen LogP contribution in [0.1, 0.15) is 64.0 Å². The molecule has 0 amide bonds. The molecule has 0 aromatic carbocycles. The quantitative estimate of drug-likeness (QED) is 0.758. The normalized spacial score (nSPS) is 24.7. The van der Waals surface area contributed by atoms with E-state index in [0.717, 1.165) is 19.0 Å². The van der Waals surface area contributed by atoms with Crippen molar-refractivity contribution in [3.05, 3.63) is 24.2 Å². The van der Waals surface area contributed by atoms with E-state index in [4.69, 9.17) is 4.42 Å². The molecular formula is C17H30N2O. The first-order valence-corrected chi connectivity index (χ1v) is 8.34. The Labute approximate surface area is 123 Å². The Hall–Kier alpha value is -0.800. The molecule has 0 saturated heterocycles. The lowest BCUT2D eigenvalue weighted by Gasteiger charge is -2.34. The van der Waals surface area contributed by atoms with Crippen LogP contribution in [0.5, 0.6) is 0 Å². The molecule has 0 radical (unpaired) electrons. The second-order valence-corrected chi connectivity index (χ2v) is 6.01. The summed E-state index contributed by atoms with van der Waals surface area (Å²) >= 11 is 0. The van der Waals surface area contributed by atoms with E-state index in [9.17, 15) is 0 Å². The fraction of sp³-hybridized carbons (Fsp3) is 0.765. The van der Waals surface area contributed by atoms with Gasteiger partial charge in [0.05, 0.1) is 12.5 Å². The van der Waals surface area contributed by atoms with E-state index >= 15 is 0 Å². The van der Waals surface area contributed by atoms with Gasteiger partial charge in [-0.25, -0.2) is 0 Å². The highest BCUT2D eigenvalue weighted by Crippen LogP contribution is 2.32. The van der Waals surface area contributed by atoms with E-state index in [1.165, 1.54) is 44.1 Å². The van der Waals surface area contributed by atoms with Gasteiger partial charge in [0, 0.05) is 17.6 Å². The van der Waals surface area contributed by atoms with Crippen LogP contribution in [0, 0.1) is 5.92 Å². The molecule has 0 aliphatic heterocycles. The van der Waals surface area contributed by atoms with Gasteiger partial charge in [0.25, 0.3) is 0 Å². The molecular weight excluding hydrogens is 248 g/mol. The van der Waals surface area contributed by atoms with Crippen LogP contribution in [-0.2, 0) is 0 Å². The molecule has 20 heavy (non-hydrogen) atoms. The highest BCUT2D eigenvalue weighted by Gasteiger charge is 2.27. The summed E-state index contributed by atoms with van der Waals surface area (Å²) in [6.45, 7) is 6.60. The molecule has 1 saturated carbocycles. The predicted octanol–water partition coefficient (Wildman–Crippen LogP) is 3.88. The SMILES string of the molecule is CCCNC(CC1CCCCC1NCC)c1ccoc1. The van der Waals surface area contributed by atoms with Gasteiger partial charge < -0.3 is 15.1 Å². The van der Waals surface area contributed by atoms with Crippen LogP contribution < -0.4 is 10.6 Å². The van der Waals surface area contributed by atoms with Crippen molar-refractivity contribution in [2.45, 2.75) is 64.5 Å². The maximum Gasteiger partial charge on any atom is 0.0950 e. The number of rotatable bonds is 8. The lowest BCUT2D eigenvalue weighted by atomic mass is 9.79. The summed E-state index contributed by atoms with van der Waals surface area (Å²) in [6.07, 6.45) is 11.6. The summed E-state index contributed by atoms with van der Waals surface area (Å²) in [5, 5.41) is 7.38. The second-order valence-electron chi connectivity index (χ2n) is 6.01.